The van der Waals surface area contributed by atoms with Gasteiger partial charge in [-0.05, 0) is 115 Å². The van der Waals surface area contributed by atoms with Gasteiger partial charge < -0.3 is 30.6 Å². The Morgan fingerprint density at radius 2 is 0.907 bits per heavy atom. The molecule has 6 aromatic rings. The summed E-state index contributed by atoms with van der Waals surface area (Å²) in [5.74, 6) is -6.66. The first-order chi connectivity index (χ1) is 35.5. The van der Waals surface area contributed by atoms with Crippen LogP contribution in [0.2, 0.25) is 0 Å². The molecule has 6 aromatic carbocycles. The van der Waals surface area contributed by atoms with Gasteiger partial charge in [0.2, 0.25) is 0 Å². The Morgan fingerprint density at radius 3 is 1.31 bits per heavy atom. The van der Waals surface area contributed by atoms with E-state index in [-0.39, 0.29) is 80.4 Å². The molecule has 0 fully saturated rings. The van der Waals surface area contributed by atoms with Crippen LogP contribution in [-0.2, 0) is 54.2 Å². The Hall–Kier alpha value is -8.18. The molecule has 0 unspecified atom stereocenters. The lowest BCUT2D eigenvalue weighted by molar-refractivity contribution is -0.434. The SMILES string of the molecule is O=C(O)c1cc(Cc2ccc(/N=N/c3c(O)ccc(/N=N/c4ccc(S(=O)(=O)CCOS(=O)(=O)O)cc4)c3O)c(C(=O)O)c2)ccc1/N=N/c1c(O)ccc(/N=N/c2ccc(S(=O)(=O)CCOSOOO)cc2)c1O. The smallest absolute Gasteiger partial charge is 0.397 e. The quantitative estimate of drug-likeness (QED) is 0.00698. The number of rotatable bonds is 24. The molecule has 0 aliphatic rings. The second-order valence-corrected chi connectivity index (χ2v) is 20.6. The highest BCUT2D eigenvalue weighted by molar-refractivity contribution is 7.92. The largest absolute Gasteiger partial charge is 0.505 e. The Kier molecular flexibility index (Phi) is 18.5. The second-order valence-electron chi connectivity index (χ2n) is 14.8. The Labute approximate surface area is 427 Å². The van der Waals surface area contributed by atoms with E-state index in [1.165, 1.54) is 78.9 Å². The molecule has 28 nitrogen and oxygen atoms in total. The van der Waals surface area contributed by atoms with E-state index in [9.17, 15) is 65.5 Å². The average Bonchev–Trinajstić information content (AvgIpc) is 3.36. The third kappa shape index (κ3) is 15.4. The van der Waals surface area contributed by atoms with Crippen molar-refractivity contribution >= 4 is 99.8 Å². The van der Waals surface area contributed by atoms with Crippen LogP contribution in [0, 0.1) is 0 Å². The van der Waals surface area contributed by atoms with Gasteiger partial charge in [0.05, 0.1) is 57.0 Å². The fourth-order valence-electron chi connectivity index (χ4n) is 6.18. The average molecular weight is 1110 g/mol. The van der Waals surface area contributed by atoms with Gasteiger partial charge in [0.15, 0.2) is 54.9 Å². The number of sulfone groups is 2. The van der Waals surface area contributed by atoms with E-state index >= 15 is 0 Å². The number of benzene rings is 6. The molecule has 8 N–H and O–H groups in total. The summed E-state index contributed by atoms with van der Waals surface area (Å²) in [6.07, 6.45) is -0.0197. The third-order valence-corrected chi connectivity index (χ3v) is 14.0. The Balaban J connectivity index is 1.14. The predicted octanol–water partition coefficient (Wildman–Crippen LogP) is 9.53. The Morgan fingerprint density at radius 1 is 0.507 bits per heavy atom. The topological polar surface area (TPSA) is 434 Å². The third-order valence-electron chi connectivity index (χ3n) is 9.79. The molecular weight excluding hydrogens is 1080 g/mol. The van der Waals surface area contributed by atoms with Crippen molar-refractivity contribution in [3.8, 4) is 23.0 Å². The molecule has 0 aliphatic heterocycles. The molecule has 32 heteroatoms. The number of phenols is 4. The number of azo groups is 4. The number of hydrogen-bond donors (Lipinski definition) is 8. The number of hydrogen-bond acceptors (Lipinski definition) is 26. The maximum atomic E-state index is 12.5. The molecule has 0 saturated carbocycles. The van der Waals surface area contributed by atoms with Gasteiger partial charge in [0.1, 0.15) is 34.2 Å². The summed E-state index contributed by atoms with van der Waals surface area (Å²) < 4.78 is 92.9. The first-order valence-corrected chi connectivity index (χ1v) is 25.9. The van der Waals surface area contributed by atoms with Crippen molar-refractivity contribution in [2.75, 3.05) is 24.7 Å². The molecule has 0 heterocycles. The Bertz CT molecular complexity index is 3580. The summed E-state index contributed by atoms with van der Waals surface area (Å²) >= 11 is 0.225. The molecule has 0 aromatic heterocycles. The highest BCUT2D eigenvalue weighted by atomic mass is 32.3. The summed E-state index contributed by atoms with van der Waals surface area (Å²) in [6, 6.07) is 22.5. The molecule has 0 saturated heterocycles. The maximum absolute atomic E-state index is 12.5. The van der Waals surface area contributed by atoms with Crippen LogP contribution in [0.15, 0.2) is 160 Å². The number of aromatic carboxylic acids is 2. The van der Waals surface area contributed by atoms with E-state index in [2.05, 4.69) is 54.5 Å². The number of carboxylic acid groups (broad SMARTS) is 2. The molecular formula is C43H36N8O20S4. The highest BCUT2D eigenvalue weighted by Crippen LogP contribution is 2.46. The first-order valence-electron chi connectivity index (χ1n) is 20.6. The lowest BCUT2D eigenvalue weighted by Crippen LogP contribution is -2.15. The van der Waals surface area contributed by atoms with Crippen molar-refractivity contribution in [1.29, 1.82) is 0 Å². The lowest BCUT2D eigenvalue weighted by Gasteiger charge is -2.09. The zero-order valence-electron chi connectivity index (χ0n) is 37.6. The fourth-order valence-corrected chi connectivity index (χ4v) is 9.08. The molecule has 0 bridgehead atoms. The minimum absolute atomic E-state index is 0.0197. The van der Waals surface area contributed by atoms with Crippen molar-refractivity contribution in [3.63, 3.8) is 0 Å². The van der Waals surface area contributed by atoms with E-state index in [1.54, 1.807) is 0 Å². The molecule has 0 amide bonds. The van der Waals surface area contributed by atoms with Crippen LogP contribution in [-0.4, -0.2) is 102 Å². The fraction of sp³-hybridized carbons (Fsp3) is 0.116. The van der Waals surface area contributed by atoms with Crippen LogP contribution >= 0.6 is 12.3 Å². The van der Waals surface area contributed by atoms with E-state index in [1.807, 2.05) is 0 Å². The number of aromatic hydroxyl groups is 4. The van der Waals surface area contributed by atoms with E-state index < -0.39 is 94.5 Å². The van der Waals surface area contributed by atoms with Crippen LogP contribution in [0.4, 0.5) is 45.5 Å². The molecule has 6 rings (SSSR count). The minimum Gasteiger partial charge on any atom is -0.505 e. The van der Waals surface area contributed by atoms with Crippen LogP contribution < -0.4 is 0 Å². The second kappa shape index (κ2) is 24.7. The van der Waals surface area contributed by atoms with Gasteiger partial charge in [-0.1, -0.05) is 17.2 Å². The summed E-state index contributed by atoms with van der Waals surface area (Å²) in [5, 5.41) is 106. The standard InChI is InChI=1S/C43H36N8O20S4/c52-36-15-13-34(48-44-26-3-7-28(8-4-26)73(61,62)19-17-68-72-71-70-60)40(54)38(36)50-46-32-11-1-24(22-30(32)42(56)57)21-25-2-12-33(31(23-25)43(58)59)47-51-39-37(53)16-14-35(41(39)55)49-45-27-5-9-29(10-6-27)74(63,64)20-18-69-75(65,66)67/h1-16,22-23,52-55,60H,17-21H2,(H,56,57)(H,58,59)(H,65,66,67)/b48-44+,49-45+,50-46+,51-47+. The van der Waals surface area contributed by atoms with Crippen LogP contribution in [0.5, 0.6) is 23.0 Å². The van der Waals surface area contributed by atoms with E-state index in [4.69, 9.17) is 14.0 Å². The highest BCUT2D eigenvalue weighted by Gasteiger charge is 2.20. The van der Waals surface area contributed by atoms with Crippen LogP contribution in [0.25, 0.3) is 0 Å². The molecule has 392 valence electrons. The normalized spacial score (nSPS) is 12.4. The number of phenolic OH excluding ortho intramolecular Hbond substituents is 4. The van der Waals surface area contributed by atoms with Crippen molar-refractivity contribution in [2.45, 2.75) is 16.2 Å². The van der Waals surface area contributed by atoms with Gasteiger partial charge in [-0.3, -0.25) is 8.74 Å². The number of carbonyl (C=O) groups is 2. The maximum Gasteiger partial charge on any atom is 0.397 e. The number of nitrogens with zero attached hydrogens (tertiary/aromatic N) is 8. The molecule has 0 radical (unpaired) electrons. The van der Waals surface area contributed by atoms with Gasteiger partial charge in [-0.25, -0.2) is 35.9 Å². The van der Waals surface area contributed by atoms with Gasteiger partial charge in [0, 0.05) is 0 Å². The number of carboxylic acids is 2. The molecule has 0 spiro atoms. The zero-order valence-corrected chi connectivity index (χ0v) is 40.9. The van der Waals surface area contributed by atoms with Gasteiger partial charge >= 0.3 is 22.3 Å². The minimum atomic E-state index is -4.84. The predicted molar refractivity (Wildman–Crippen MR) is 259 cm³/mol. The molecule has 0 aliphatic carbocycles. The van der Waals surface area contributed by atoms with E-state index in [0.717, 1.165) is 30.3 Å². The molecule has 75 heavy (non-hydrogen) atoms. The first kappa shape index (κ1) is 56.1. The summed E-state index contributed by atoms with van der Waals surface area (Å²) in [7, 11) is -12.7. The van der Waals surface area contributed by atoms with Gasteiger partial charge in [0.25, 0.3) is 0 Å². The summed E-state index contributed by atoms with van der Waals surface area (Å²) in [5.41, 5.74) is -1.65. The summed E-state index contributed by atoms with van der Waals surface area (Å²) in [6.45, 7) is -1.13. The van der Waals surface area contributed by atoms with Crippen LogP contribution in [0.3, 0.4) is 0 Å². The van der Waals surface area contributed by atoms with Crippen molar-refractivity contribution in [1.82, 2.24) is 0 Å². The molecule has 0 atom stereocenters. The lowest BCUT2D eigenvalue weighted by atomic mass is 9.99. The van der Waals surface area contributed by atoms with E-state index in [0.29, 0.717) is 11.1 Å². The monoisotopic (exact) mass is 1110 g/mol. The summed E-state index contributed by atoms with van der Waals surface area (Å²) in [4.78, 5) is 24.4. The van der Waals surface area contributed by atoms with Crippen molar-refractivity contribution in [2.24, 2.45) is 40.9 Å². The van der Waals surface area contributed by atoms with Crippen molar-refractivity contribution in [3.05, 3.63) is 131 Å². The van der Waals surface area contributed by atoms with Crippen LogP contribution in [0.1, 0.15) is 31.8 Å². The zero-order chi connectivity index (χ0) is 54.5. The van der Waals surface area contributed by atoms with Gasteiger partial charge in [-0.2, -0.15) is 18.6 Å². The van der Waals surface area contributed by atoms with Crippen molar-refractivity contribution < 1.29 is 93.0 Å². The van der Waals surface area contributed by atoms with Gasteiger partial charge in [-0.15, -0.1) is 35.0 Å².